The van der Waals surface area contributed by atoms with Crippen molar-refractivity contribution in [1.82, 2.24) is 4.98 Å². The molecule has 214 valence electrons. The Morgan fingerprint density at radius 3 is 1.88 bits per heavy atom. The largest absolute Gasteiger partial charge is 0.416 e. The van der Waals surface area contributed by atoms with E-state index >= 15 is 0 Å². The average Bonchev–Trinajstić information content (AvgIpc) is 2.90. The van der Waals surface area contributed by atoms with Crippen LogP contribution < -0.4 is 9.64 Å². The van der Waals surface area contributed by atoms with Crippen LogP contribution in [0.4, 0.5) is 32.0 Å². The van der Waals surface area contributed by atoms with E-state index in [9.17, 15) is 35.9 Å². The van der Waals surface area contributed by atoms with E-state index < -0.39 is 46.3 Å². The van der Waals surface area contributed by atoms with Crippen LogP contribution in [0.25, 0.3) is 22.0 Å². The molecule has 5 nitrogen and oxygen atoms in total. The van der Waals surface area contributed by atoms with Gasteiger partial charge in [0, 0.05) is 31.0 Å². The van der Waals surface area contributed by atoms with Gasteiger partial charge in [0.25, 0.3) is 0 Å². The van der Waals surface area contributed by atoms with Crippen LogP contribution in [0.2, 0.25) is 0 Å². The molecule has 1 aromatic heterocycles. The first-order valence-electron chi connectivity index (χ1n) is 12.3. The molecule has 1 heterocycles. The number of nitrogens with zero attached hydrogens (tertiary/aromatic N) is 2. The van der Waals surface area contributed by atoms with Gasteiger partial charge in [-0.25, -0.2) is 4.98 Å². The third kappa shape index (κ3) is 6.03. The van der Waals surface area contributed by atoms with Gasteiger partial charge in [-0.2, -0.15) is 26.3 Å². The molecule has 0 bridgehead atoms. The first kappa shape index (κ1) is 29.6. The van der Waals surface area contributed by atoms with Crippen LogP contribution in [-0.4, -0.2) is 23.9 Å². The van der Waals surface area contributed by atoms with Crippen molar-refractivity contribution in [3.8, 4) is 17.0 Å². The molecule has 0 saturated heterocycles. The molecular weight excluding hydrogens is 550 g/mol. The number of fused-ring (bicyclic) bond motifs is 1. The second-order valence-corrected chi connectivity index (χ2v) is 9.92. The van der Waals surface area contributed by atoms with E-state index in [1.54, 1.807) is 48.5 Å². The number of carbonyl (C=O) groups is 2. The molecule has 0 unspecified atom stereocenters. The van der Waals surface area contributed by atoms with Gasteiger partial charge in [-0.15, -0.1) is 0 Å². The number of amides is 1. The fourth-order valence-corrected chi connectivity index (χ4v) is 4.53. The second kappa shape index (κ2) is 10.5. The van der Waals surface area contributed by atoms with Crippen LogP contribution in [0.1, 0.15) is 37.5 Å². The van der Waals surface area contributed by atoms with Gasteiger partial charge >= 0.3 is 18.3 Å². The Morgan fingerprint density at radius 1 is 0.780 bits per heavy atom. The van der Waals surface area contributed by atoms with E-state index in [0.717, 1.165) is 0 Å². The third-order valence-electron chi connectivity index (χ3n) is 6.64. The summed E-state index contributed by atoms with van der Waals surface area (Å²) in [4.78, 5) is 30.8. The molecule has 0 saturated carbocycles. The number of alkyl halides is 6. The maximum atomic E-state index is 13.9. The Bertz CT molecular complexity index is 1600. The van der Waals surface area contributed by atoms with Gasteiger partial charge in [-0.3, -0.25) is 9.59 Å². The summed E-state index contributed by atoms with van der Waals surface area (Å²) >= 11 is 0. The number of hydrogen-bond acceptors (Lipinski definition) is 4. The van der Waals surface area contributed by atoms with Gasteiger partial charge < -0.3 is 9.64 Å². The zero-order valence-corrected chi connectivity index (χ0v) is 22.3. The minimum Gasteiger partial charge on any atom is -0.408 e. The molecule has 11 heteroatoms. The number of halogens is 6. The second-order valence-electron chi connectivity index (χ2n) is 9.92. The van der Waals surface area contributed by atoms with E-state index in [4.69, 9.17) is 4.74 Å². The summed E-state index contributed by atoms with van der Waals surface area (Å²) in [7, 11) is 1.40. The van der Waals surface area contributed by atoms with Crippen molar-refractivity contribution in [2.24, 2.45) is 0 Å². The summed E-state index contributed by atoms with van der Waals surface area (Å²) in [6.45, 7) is 3.78. The minimum absolute atomic E-state index is 0.0295. The summed E-state index contributed by atoms with van der Waals surface area (Å²) < 4.78 is 86.3. The van der Waals surface area contributed by atoms with Crippen molar-refractivity contribution < 1.29 is 40.7 Å². The first-order valence-corrected chi connectivity index (χ1v) is 12.3. The lowest BCUT2D eigenvalue weighted by Gasteiger charge is -2.32. The monoisotopic (exact) mass is 574 g/mol. The van der Waals surface area contributed by atoms with Crippen molar-refractivity contribution >= 4 is 28.5 Å². The molecule has 0 aliphatic rings. The summed E-state index contributed by atoms with van der Waals surface area (Å²) in [6, 6.07) is 16.3. The average molecular weight is 575 g/mol. The summed E-state index contributed by atoms with van der Waals surface area (Å²) in [5, 5.41) is 0.570. The molecule has 0 fully saturated rings. The SMILES string of the molecule is CC(=O)Oc1ccc2c(-c3ccccc3)c(N(C)C(=O)C(C)(C)c3cc(C(F)(F)F)cc(C(F)(F)F)c3)ccc2n1. The van der Waals surface area contributed by atoms with Crippen LogP contribution in [-0.2, 0) is 27.4 Å². The van der Waals surface area contributed by atoms with Gasteiger partial charge in [0.2, 0.25) is 11.8 Å². The molecule has 0 aliphatic carbocycles. The highest BCUT2D eigenvalue weighted by Gasteiger charge is 2.41. The third-order valence-corrected chi connectivity index (χ3v) is 6.64. The van der Waals surface area contributed by atoms with Gasteiger partial charge in [-0.05, 0) is 61.4 Å². The molecule has 0 aliphatic heterocycles. The van der Waals surface area contributed by atoms with E-state index in [1.807, 2.05) is 0 Å². The predicted molar refractivity (Wildman–Crippen MR) is 141 cm³/mol. The molecule has 41 heavy (non-hydrogen) atoms. The van der Waals surface area contributed by atoms with Gasteiger partial charge in [0.1, 0.15) is 0 Å². The molecular formula is C30H24F6N2O3. The molecule has 3 aromatic carbocycles. The van der Waals surface area contributed by atoms with Crippen molar-refractivity contribution in [1.29, 1.82) is 0 Å². The van der Waals surface area contributed by atoms with Crippen molar-refractivity contribution in [3.63, 3.8) is 0 Å². The lowest BCUT2D eigenvalue weighted by Crippen LogP contribution is -2.42. The summed E-state index contributed by atoms with van der Waals surface area (Å²) in [5.74, 6) is -1.24. The summed E-state index contributed by atoms with van der Waals surface area (Å²) in [5.41, 5.74) is -3.26. The number of anilines is 1. The molecule has 4 rings (SSSR count). The first-order chi connectivity index (χ1) is 19.0. The highest BCUT2D eigenvalue weighted by molar-refractivity contribution is 6.09. The Hall–Kier alpha value is -4.41. The smallest absolute Gasteiger partial charge is 0.408 e. The van der Waals surface area contributed by atoms with Crippen LogP contribution in [0.3, 0.4) is 0 Å². The molecule has 0 radical (unpaired) electrons. The molecule has 0 N–H and O–H groups in total. The number of rotatable bonds is 5. The molecule has 0 atom stereocenters. The fraction of sp³-hybridized carbons (Fsp3) is 0.233. The van der Waals surface area contributed by atoms with Crippen molar-refractivity contribution in [2.75, 3.05) is 11.9 Å². The van der Waals surface area contributed by atoms with Crippen LogP contribution in [0, 0.1) is 0 Å². The Kier molecular flexibility index (Phi) is 7.59. The zero-order valence-electron chi connectivity index (χ0n) is 22.3. The zero-order chi connectivity index (χ0) is 30.3. The standard InChI is InChI=1S/C30H24F6N2O3/c1-17(39)41-25-13-10-22-23(37-25)11-12-24(26(22)18-8-6-5-7-9-18)38(4)27(40)28(2,3)19-14-20(29(31,32)33)16-21(15-19)30(34,35)36/h5-16H,1-4H3. The van der Waals surface area contributed by atoms with E-state index in [1.165, 1.54) is 38.8 Å². The topological polar surface area (TPSA) is 59.5 Å². The maximum absolute atomic E-state index is 13.9. The quantitative estimate of drug-likeness (QED) is 0.180. The van der Waals surface area contributed by atoms with Crippen molar-refractivity contribution in [2.45, 2.75) is 38.5 Å². The minimum atomic E-state index is -5.06. The van der Waals surface area contributed by atoms with Crippen LogP contribution >= 0.6 is 0 Å². The maximum Gasteiger partial charge on any atom is 0.416 e. The Labute approximate surface area is 231 Å². The lowest BCUT2D eigenvalue weighted by molar-refractivity contribution is -0.143. The Morgan fingerprint density at radius 2 is 1.34 bits per heavy atom. The highest BCUT2D eigenvalue weighted by Crippen LogP contribution is 2.42. The summed E-state index contributed by atoms with van der Waals surface area (Å²) in [6.07, 6.45) is -10.1. The number of aromatic nitrogens is 1. The van der Waals surface area contributed by atoms with Gasteiger partial charge in [0.15, 0.2) is 0 Å². The molecule has 1 amide bonds. The van der Waals surface area contributed by atoms with E-state index in [2.05, 4.69) is 4.98 Å². The molecule has 4 aromatic rings. The number of likely N-dealkylation sites (N-methyl/N-ethyl adjacent to an activating group) is 1. The number of pyridine rings is 1. The number of esters is 1. The van der Waals surface area contributed by atoms with Crippen LogP contribution in [0.5, 0.6) is 5.88 Å². The van der Waals surface area contributed by atoms with Crippen LogP contribution in [0.15, 0.2) is 72.8 Å². The highest BCUT2D eigenvalue weighted by atomic mass is 19.4. The predicted octanol–water partition coefficient (Wildman–Crippen LogP) is 7.81. The van der Waals surface area contributed by atoms with E-state index in [-0.39, 0.29) is 11.9 Å². The number of ether oxygens (including phenoxy) is 1. The normalized spacial score (nSPS) is 12.3. The number of benzene rings is 3. The lowest BCUT2D eigenvalue weighted by atomic mass is 9.81. The van der Waals surface area contributed by atoms with Crippen molar-refractivity contribution in [3.05, 3.63) is 89.5 Å². The number of hydrogen-bond donors (Lipinski definition) is 0. The molecule has 0 spiro atoms. The number of carbonyl (C=O) groups excluding carboxylic acids is 2. The van der Waals surface area contributed by atoms with Gasteiger partial charge in [-0.1, -0.05) is 30.3 Å². The van der Waals surface area contributed by atoms with E-state index in [0.29, 0.717) is 39.8 Å². The van der Waals surface area contributed by atoms with Gasteiger partial charge in [0.05, 0.1) is 27.7 Å². The fourth-order valence-electron chi connectivity index (χ4n) is 4.53. The Balaban J connectivity index is 1.87.